The topological polar surface area (TPSA) is 68.9 Å². The van der Waals surface area contributed by atoms with Gasteiger partial charge in [0, 0.05) is 12.1 Å². The third-order valence-corrected chi connectivity index (χ3v) is 4.49. The molecule has 7 heteroatoms. The van der Waals surface area contributed by atoms with Gasteiger partial charge in [0.2, 0.25) is 5.43 Å². The van der Waals surface area contributed by atoms with E-state index < -0.39 is 5.43 Å². The van der Waals surface area contributed by atoms with Crippen LogP contribution in [0.3, 0.4) is 0 Å². The molecule has 1 aromatic heterocycles. The van der Waals surface area contributed by atoms with Crippen molar-refractivity contribution in [3.8, 4) is 17.2 Å². The molecule has 3 aromatic rings. The van der Waals surface area contributed by atoms with Crippen molar-refractivity contribution in [3.05, 3.63) is 38.0 Å². The summed E-state index contributed by atoms with van der Waals surface area (Å²) in [7, 11) is 2.87. The number of fused-ring (bicyclic) bond motifs is 2. The van der Waals surface area contributed by atoms with Gasteiger partial charge in [-0.3, -0.25) is 4.79 Å². The Morgan fingerprint density at radius 2 is 1.78 bits per heavy atom. The number of aryl methyl sites for hydroxylation is 1. The van der Waals surface area contributed by atoms with E-state index in [0.29, 0.717) is 11.3 Å². The normalized spacial score (nSPS) is 11.2. The van der Waals surface area contributed by atoms with Crippen LogP contribution in [0.2, 0.25) is 10.0 Å². The van der Waals surface area contributed by atoms with E-state index in [9.17, 15) is 9.90 Å². The summed E-state index contributed by atoms with van der Waals surface area (Å²) in [6.45, 7) is 1.66. The summed E-state index contributed by atoms with van der Waals surface area (Å²) in [6.07, 6.45) is 0. The van der Waals surface area contributed by atoms with Gasteiger partial charge in [0.1, 0.15) is 27.5 Å². The second-order valence-corrected chi connectivity index (χ2v) is 5.70. The highest BCUT2D eigenvalue weighted by molar-refractivity contribution is 6.41. The lowest BCUT2D eigenvalue weighted by Gasteiger charge is -2.13. The Hall–Kier alpha value is -2.11. The number of phenols is 1. The Bertz CT molecular complexity index is 1010. The zero-order valence-corrected chi connectivity index (χ0v) is 14.0. The SMILES string of the molecule is COc1cc(O)c2c(=O)c3c(C)c(Cl)c(OC)c(Cl)c3oc2c1. The van der Waals surface area contributed by atoms with Crippen molar-refractivity contribution in [2.45, 2.75) is 6.92 Å². The molecule has 0 radical (unpaired) electrons. The summed E-state index contributed by atoms with van der Waals surface area (Å²) in [6, 6.07) is 2.84. The molecule has 0 unspecified atom stereocenters. The first-order valence-electron chi connectivity index (χ1n) is 6.59. The monoisotopic (exact) mass is 354 g/mol. The van der Waals surface area contributed by atoms with E-state index in [-0.39, 0.29) is 43.5 Å². The maximum atomic E-state index is 12.8. The maximum absolute atomic E-state index is 12.8. The van der Waals surface area contributed by atoms with Crippen molar-refractivity contribution in [2.24, 2.45) is 0 Å². The first-order valence-corrected chi connectivity index (χ1v) is 7.35. The number of hydrogen-bond acceptors (Lipinski definition) is 5. The fraction of sp³-hybridized carbons (Fsp3) is 0.188. The van der Waals surface area contributed by atoms with Crippen LogP contribution in [0, 0.1) is 6.92 Å². The van der Waals surface area contributed by atoms with Crippen LogP contribution >= 0.6 is 23.2 Å². The minimum absolute atomic E-state index is 0.0405. The average Bonchev–Trinajstić information content (AvgIpc) is 2.52. The lowest BCUT2D eigenvalue weighted by molar-refractivity contribution is 0.408. The summed E-state index contributed by atoms with van der Waals surface area (Å²) >= 11 is 12.5. The summed E-state index contributed by atoms with van der Waals surface area (Å²) in [4.78, 5) is 12.8. The van der Waals surface area contributed by atoms with E-state index in [4.69, 9.17) is 37.1 Å². The Labute approximate surface area is 140 Å². The zero-order valence-electron chi connectivity index (χ0n) is 12.5. The van der Waals surface area contributed by atoms with Crippen LogP contribution in [0.4, 0.5) is 0 Å². The number of methoxy groups -OCH3 is 2. The van der Waals surface area contributed by atoms with Crippen LogP contribution in [-0.4, -0.2) is 19.3 Å². The summed E-state index contributed by atoms with van der Waals surface area (Å²) in [5, 5.41) is 10.7. The average molecular weight is 355 g/mol. The minimum Gasteiger partial charge on any atom is -0.507 e. The molecule has 0 amide bonds. The minimum atomic E-state index is -0.426. The zero-order chi connectivity index (χ0) is 16.9. The molecule has 1 N–H and O–H groups in total. The van der Waals surface area contributed by atoms with E-state index in [0.717, 1.165) is 0 Å². The standard InChI is InChI=1S/C16H12Cl2O5/c1-6-10-14(20)11-8(19)4-7(21-2)5-9(11)23-15(10)13(18)16(22-3)12(6)17/h4-5,19H,1-3H3. The molecule has 0 aliphatic heterocycles. The predicted molar refractivity (Wildman–Crippen MR) is 89.5 cm³/mol. The number of benzene rings is 2. The van der Waals surface area contributed by atoms with Gasteiger partial charge in [-0.25, -0.2) is 0 Å². The van der Waals surface area contributed by atoms with Gasteiger partial charge in [-0.2, -0.15) is 0 Å². The summed E-state index contributed by atoms with van der Waals surface area (Å²) in [5.41, 5.74) is 0.347. The Kier molecular flexibility index (Phi) is 3.78. The lowest BCUT2D eigenvalue weighted by atomic mass is 10.1. The van der Waals surface area contributed by atoms with Crippen molar-refractivity contribution in [2.75, 3.05) is 14.2 Å². The van der Waals surface area contributed by atoms with Gasteiger partial charge in [0.05, 0.1) is 24.6 Å². The van der Waals surface area contributed by atoms with Crippen molar-refractivity contribution < 1.29 is 19.0 Å². The predicted octanol–water partition coefficient (Wildman–Crippen LogP) is 4.28. The number of ether oxygens (including phenoxy) is 2. The molecule has 120 valence electrons. The molecule has 0 bridgehead atoms. The van der Waals surface area contributed by atoms with E-state index in [1.54, 1.807) is 6.92 Å². The van der Waals surface area contributed by atoms with E-state index in [1.807, 2.05) is 0 Å². The Morgan fingerprint density at radius 1 is 1.09 bits per heavy atom. The first kappa shape index (κ1) is 15.8. The number of hydrogen-bond donors (Lipinski definition) is 1. The van der Waals surface area contributed by atoms with E-state index in [1.165, 1.54) is 26.4 Å². The Balaban J connectivity index is 2.62. The molecule has 0 spiro atoms. The van der Waals surface area contributed by atoms with Crippen LogP contribution in [-0.2, 0) is 0 Å². The summed E-state index contributed by atoms with van der Waals surface area (Å²) in [5.74, 6) is 0.344. The molecular formula is C16H12Cl2O5. The molecule has 3 rings (SSSR count). The number of rotatable bonds is 2. The molecule has 0 aliphatic rings. The molecule has 23 heavy (non-hydrogen) atoms. The van der Waals surface area contributed by atoms with Gasteiger partial charge >= 0.3 is 0 Å². The van der Waals surface area contributed by atoms with Crippen LogP contribution in [0.1, 0.15) is 5.56 Å². The van der Waals surface area contributed by atoms with Gasteiger partial charge < -0.3 is 19.0 Å². The van der Waals surface area contributed by atoms with Crippen LogP contribution in [0.25, 0.3) is 21.9 Å². The lowest BCUT2D eigenvalue weighted by Crippen LogP contribution is -2.06. The van der Waals surface area contributed by atoms with E-state index in [2.05, 4.69) is 0 Å². The van der Waals surface area contributed by atoms with Crippen LogP contribution in [0.5, 0.6) is 17.2 Å². The van der Waals surface area contributed by atoms with Gasteiger partial charge in [-0.15, -0.1) is 0 Å². The van der Waals surface area contributed by atoms with Crippen molar-refractivity contribution in [1.29, 1.82) is 0 Å². The van der Waals surface area contributed by atoms with Crippen molar-refractivity contribution in [1.82, 2.24) is 0 Å². The molecule has 0 saturated carbocycles. The van der Waals surface area contributed by atoms with Gasteiger partial charge in [-0.1, -0.05) is 23.2 Å². The fourth-order valence-electron chi connectivity index (χ4n) is 2.55. The largest absolute Gasteiger partial charge is 0.507 e. The highest BCUT2D eigenvalue weighted by atomic mass is 35.5. The van der Waals surface area contributed by atoms with Crippen molar-refractivity contribution >= 4 is 45.1 Å². The second-order valence-electron chi connectivity index (χ2n) is 4.94. The first-order chi connectivity index (χ1) is 10.9. The van der Waals surface area contributed by atoms with Crippen molar-refractivity contribution in [3.63, 3.8) is 0 Å². The molecule has 1 heterocycles. The molecule has 0 saturated heterocycles. The van der Waals surface area contributed by atoms with Crippen LogP contribution in [0.15, 0.2) is 21.3 Å². The Morgan fingerprint density at radius 3 is 2.39 bits per heavy atom. The number of halogens is 2. The van der Waals surface area contributed by atoms with Gasteiger partial charge in [0.15, 0.2) is 11.3 Å². The maximum Gasteiger partial charge on any atom is 0.204 e. The molecular weight excluding hydrogens is 343 g/mol. The molecule has 0 fully saturated rings. The third-order valence-electron chi connectivity index (χ3n) is 3.69. The van der Waals surface area contributed by atoms with E-state index >= 15 is 0 Å². The smallest absolute Gasteiger partial charge is 0.204 e. The number of aromatic hydroxyl groups is 1. The summed E-state index contributed by atoms with van der Waals surface area (Å²) < 4.78 is 16.0. The molecule has 2 aromatic carbocycles. The highest BCUT2D eigenvalue weighted by Gasteiger charge is 2.22. The fourth-order valence-corrected chi connectivity index (χ4v) is 3.16. The third kappa shape index (κ3) is 2.19. The van der Waals surface area contributed by atoms with Gasteiger partial charge in [0.25, 0.3) is 0 Å². The van der Waals surface area contributed by atoms with Gasteiger partial charge in [-0.05, 0) is 12.5 Å². The molecule has 0 aliphatic carbocycles. The quantitative estimate of drug-likeness (QED) is 0.695. The highest BCUT2D eigenvalue weighted by Crippen LogP contribution is 2.42. The molecule has 0 atom stereocenters. The molecule has 5 nitrogen and oxygen atoms in total. The van der Waals surface area contributed by atoms with Crippen LogP contribution < -0.4 is 14.9 Å². The number of phenolic OH excluding ortho intramolecular Hbond substituents is 1. The second kappa shape index (κ2) is 5.51.